The van der Waals surface area contributed by atoms with E-state index in [-0.39, 0.29) is 6.61 Å². The van der Waals surface area contributed by atoms with Gasteiger partial charge in [-0.2, -0.15) is 0 Å². The average molecular weight is 374 g/mol. The first-order chi connectivity index (χ1) is 13.0. The summed E-state index contributed by atoms with van der Waals surface area (Å²) in [5.41, 5.74) is 4.56. The van der Waals surface area contributed by atoms with Gasteiger partial charge in [-0.3, -0.25) is 20.4 Å². The summed E-state index contributed by atoms with van der Waals surface area (Å²) in [4.78, 5) is 23.8. The minimum absolute atomic E-state index is 0.256. The lowest BCUT2D eigenvalue weighted by Crippen LogP contribution is -2.48. The van der Waals surface area contributed by atoms with Gasteiger partial charge in [0.2, 0.25) is 0 Å². The molecule has 2 rings (SSSR count). The van der Waals surface area contributed by atoms with E-state index in [0.717, 1.165) is 0 Å². The van der Waals surface area contributed by atoms with Crippen LogP contribution in [0.3, 0.4) is 0 Å². The van der Waals surface area contributed by atoms with Crippen molar-refractivity contribution in [3.05, 3.63) is 48.5 Å². The molecule has 27 heavy (non-hydrogen) atoms. The smallest absolute Gasteiger partial charge is 0.279 e. The summed E-state index contributed by atoms with van der Waals surface area (Å²) < 4.78 is 21.1. The van der Waals surface area contributed by atoms with Gasteiger partial charge in [0.1, 0.15) is 11.5 Å². The molecule has 2 N–H and O–H groups in total. The number of ether oxygens (including phenoxy) is 4. The molecular weight excluding hydrogens is 352 g/mol. The van der Waals surface area contributed by atoms with Gasteiger partial charge in [0.05, 0.1) is 14.2 Å². The summed E-state index contributed by atoms with van der Waals surface area (Å²) in [6.45, 7) is 1.30. The number of rotatable bonds is 8. The molecular formula is C19H22N2O6. The van der Waals surface area contributed by atoms with E-state index in [1.165, 1.54) is 7.11 Å². The van der Waals surface area contributed by atoms with Crippen LogP contribution in [0.25, 0.3) is 0 Å². The maximum absolute atomic E-state index is 12.0. The Balaban J connectivity index is 1.75. The predicted octanol–water partition coefficient (Wildman–Crippen LogP) is 1.70. The maximum Gasteiger partial charge on any atom is 0.279 e. The van der Waals surface area contributed by atoms with Crippen molar-refractivity contribution in [2.24, 2.45) is 0 Å². The van der Waals surface area contributed by atoms with Gasteiger partial charge >= 0.3 is 0 Å². The van der Waals surface area contributed by atoms with Crippen LogP contribution >= 0.6 is 0 Å². The standard InChI is InChI=1S/C19H22N2O6/c1-13(27-17-7-5-4-6-16(17)25-3)19(23)21-20-18(22)12-26-15-10-8-14(24-2)9-11-15/h4-11,13H,12H2,1-3H3,(H,20,22)(H,21,23). The van der Waals surface area contributed by atoms with Gasteiger partial charge in [0.15, 0.2) is 24.2 Å². The van der Waals surface area contributed by atoms with Crippen LogP contribution < -0.4 is 29.8 Å². The molecule has 0 fully saturated rings. The number of carbonyl (C=O) groups excluding carboxylic acids is 2. The lowest BCUT2D eigenvalue weighted by atomic mass is 10.3. The second-order valence-corrected chi connectivity index (χ2v) is 5.41. The van der Waals surface area contributed by atoms with E-state index in [1.54, 1.807) is 62.6 Å². The van der Waals surface area contributed by atoms with Gasteiger partial charge in [-0.1, -0.05) is 12.1 Å². The van der Waals surface area contributed by atoms with Crippen molar-refractivity contribution in [3.8, 4) is 23.0 Å². The minimum Gasteiger partial charge on any atom is -0.497 e. The van der Waals surface area contributed by atoms with Crippen molar-refractivity contribution in [2.45, 2.75) is 13.0 Å². The number of hydrazine groups is 1. The maximum atomic E-state index is 12.0. The van der Waals surface area contributed by atoms with Crippen molar-refractivity contribution in [2.75, 3.05) is 20.8 Å². The fourth-order valence-electron chi connectivity index (χ4n) is 2.05. The molecule has 0 heterocycles. The van der Waals surface area contributed by atoms with E-state index in [9.17, 15) is 9.59 Å². The first kappa shape index (κ1) is 19.9. The van der Waals surface area contributed by atoms with Crippen molar-refractivity contribution in [1.82, 2.24) is 10.9 Å². The number of amides is 2. The number of hydrogen-bond acceptors (Lipinski definition) is 6. The zero-order valence-electron chi connectivity index (χ0n) is 15.4. The quantitative estimate of drug-likeness (QED) is 0.683. The third-order valence-electron chi connectivity index (χ3n) is 3.50. The van der Waals surface area contributed by atoms with E-state index in [0.29, 0.717) is 23.0 Å². The van der Waals surface area contributed by atoms with Crippen LogP contribution in [0.15, 0.2) is 48.5 Å². The normalized spacial score (nSPS) is 11.1. The van der Waals surface area contributed by atoms with Crippen LogP contribution in [0.1, 0.15) is 6.92 Å². The highest BCUT2D eigenvalue weighted by molar-refractivity contribution is 5.85. The SMILES string of the molecule is COc1ccc(OCC(=O)NNC(=O)C(C)Oc2ccccc2OC)cc1. The number of nitrogens with one attached hydrogen (secondary N) is 2. The Morgan fingerprint density at radius 3 is 2.15 bits per heavy atom. The summed E-state index contributed by atoms with van der Waals surface area (Å²) in [6, 6.07) is 13.7. The molecule has 8 heteroatoms. The Bertz CT molecular complexity index is 763. The Morgan fingerprint density at radius 1 is 0.889 bits per heavy atom. The largest absolute Gasteiger partial charge is 0.497 e. The number of carbonyl (C=O) groups is 2. The number of methoxy groups -OCH3 is 2. The Kier molecular flexibility index (Phi) is 7.30. The van der Waals surface area contributed by atoms with Crippen molar-refractivity contribution in [3.63, 3.8) is 0 Å². The zero-order valence-corrected chi connectivity index (χ0v) is 15.4. The highest BCUT2D eigenvalue weighted by Crippen LogP contribution is 2.26. The third kappa shape index (κ3) is 6.10. The van der Waals surface area contributed by atoms with E-state index in [2.05, 4.69) is 10.9 Å². The highest BCUT2D eigenvalue weighted by atomic mass is 16.5. The molecule has 2 amide bonds. The summed E-state index contributed by atoms with van der Waals surface area (Å²) in [5, 5.41) is 0. The molecule has 1 atom stereocenters. The molecule has 0 aliphatic carbocycles. The Hall–Kier alpha value is -3.42. The highest BCUT2D eigenvalue weighted by Gasteiger charge is 2.17. The molecule has 144 valence electrons. The summed E-state index contributed by atoms with van der Waals surface area (Å²) in [6.07, 6.45) is -0.843. The van der Waals surface area contributed by atoms with Crippen LogP contribution in [-0.4, -0.2) is 38.7 Å². The third-order valence-corrected chi connectivity index (χ3v) is 3.50. The van der Waals surface area contributed by atoms with Crippen LogP contribution in [-0.2, 0) is 9.59 Å². The van der Waals surface area contributed by atoms with Crippen molar-refractivity contribution >= 4 is 11.8 Å². The molecule has 0 aromatic heterocycles. The lowest BCUT2D eigenvalue weighted by molar-refractivity contribution is -0.133. The monoisotopic (exact) mass is 374 g/mol. The molecule has 0 aliphatic heterocycles. The zero-order chi connectivity index (χ0) is 19.6. The van der Waals surface area contributed by atoms with Gasteiger partial charge in [-0.15, -0.1) is 0 Å². The molecule has 1 unspecified atom stereocenters. The van der Waals surface area contributed by atoms with E-state index in [4.69, 9.17) is 18.9 Å². The summed E-state index contributed by atoms with van der Waals surface area (Å²) >= 11 is 0. The van der Waals surface area contributed by atoms with Gasteiger partial charge in [-0.25, -0.2) is 0 Å². The van der Waals surface area contributed by atoms with Gasteiger partial charge in [0, 0.05) is 0 Å². The number of benzene rings is 2. The topological polar surface area (TPSA) is 95.1 Å². The van der Waals surface area contributed by atoms with Crippen LogP contribution in [0.4, 0.5) is 0 Å². The van der Waals surface area contributed by atoms with Gasteiger partial charge < -0.3 is 18.9 Å². The second-order valence-electron chi connectivity index (χ2n) is 5.41. The molecule has 0 radical (unpaired) electrons. The summed E-state index contributed by atoms with van der Waals surface area (Å²) in [7, 11) is 3.07. The van der Waals surface area contributed by atoms with E-state index >= 15 is 0 Å². The predicted molar refractivity (Wildman–Crippen MR) is 97.9 cm³/mol. The van der Waals surface area contributed by atoms with Crippen LogP contribution in [0, 0.1) is 0 Å². The minimum atomic E-state index is -0.843. The number of para-hydroxylation sites is 2. The van der Waals surface area contributed by atoms with Crippen LogP contribution in [0.2, 0.25) is 0 Å². The second kappa shape index (κ2) is 9.91. The molecule has 8 nitrogen and oxygen atoms in total. The van der Waals surface area contributed by atoms with Crippen molar-refractivity contribution in [1.29, 1.82) is 0 Å². The molecule has 0 bridgehead atoms. The molecule has 0 spiro atoms. The van der Waals surface area contributed by atoms with Gasteiger partial charge in [0.25, 0.3) is 11.8 Å². The van der Waals surface area contributed by atoms with Gasteiger partial charge in [-0.05, 0) is 43.3 Å². The van der Waals surface area contributed by atoms with E-state index < -0.39 is 17.9 Å². The van der Waals surface area contributed by atoms with Crippen LogP contribution in [0.5, 0.6) is 23.0 Å². The molecule has 2 aromatic rings. The lowest BCUT2D eigenvalue weighted by Gasteiger charge is -2.17. The number of hydrogen-bond donors (Lipinski definition) is 2. The van der Waals surface area contributed by atoms with E-state index in [1.807, 2.05) is 0 Å². The molecule has 0 saturated heterocycles. The molecule has 2 aromatic carbocycles. The summed E-state index contributed by atoms with van der Waals surface area (Å²) in [5.74, 6) is 1.10. The van der Waals surface area contributed by atoms with Crippen molar-refractivity contribution < 1.29 is 28.5 Å². The first-order valence-electron chi connectivity index (χ1n) is 8.18. The Labute approximate surface area is 157 Å². The fourth-order valence-corrected chi connectivity index (χ4v) is 2.05. The first-order valence-corrected chi connectivity index (χ1v) is 8.18. The molecule has 0 aliphatic rings. The average Bonchev–Trinajstić information content (AvgIpc) is 2.71. The Morgan fingerprint density at radius 2 is 1.52 bits per heavy atom. The molecule has 0 saturated carbocycles. The fraction of sp³-hybridized carbons (Fsp3) is 0.263.